The summed E-state index contributed by atoms with van der Waals surface area (Å²) >= 11 is 0. The Bertz CT molecular complexity index is 379. The predicted octanol–water partition coefficient (Wildman–Crippen LogP) is 0.118. The van der Waals surface area contributed by atoms with Gasteiger partial charge in [-0.05, 0) is 18.8 Å². The lowest BCUT2D eigenvalue weighted by Gasteiger charge is -2.25. The van der Waals surface area contributed by atoms with Crippen molar-refractivity contribution in [1.29, 1.82) is 0 Å². The number of carboxylic acids is 1. The lowest BCUT2D eigenvalue weighted by atomic mass is 9.90. The number of rotatable bonds is 5. The zero-order valence-corrected chi connectivity index (χ0v) is 12.2. The van der Waals surface area contributed by atoms with Crippen LogP contribution in [0.4, 0.5) is 0 Å². The van der Waals surface area contributed by atoms with Crippen LogP contribution in [-0.2, 0) is 9.53 Å². The van der Waals surface area contributed by atoms with E-state index >= 15 is 0 Å². The van der Waals surface area contributed by atoms with Gasteiger partial charge in [0, 0.05) is 6.61 Å². The number of nitrogens with zero attached hydrogens (tertiary/aromatic N) is 1. The maximum absolute atomic E-state index is 10.8. The standard InChI is InChI=1S/C11H18N2O5.C2H6/c1-18-10-7(12)2-6(4-14)3-8(10)13-9(5-15)11(16)17;1-2/h6,9,14-15H,2-5,12H2,1H3,(H,16,17);1-2H3. The molecular weight excluding hydrogens is 264 g/mol. The van der Waals surface area contributed by atoms with Crippen molar-refractivity contribution in [2.24, 2.45) is 16.6 Å². The number of allylic oxidation sites excluding steroid dienone is 2. The number of carboxylic acid groups (broad SMARTS) is 1. The van der Waals surface area contributed by atoms with Gasteiger partial charge in [-0.1, -0.05) is 13.8 Å². The van der Waals surface area contributed by atoms with Crippen LogP contribution in [0.25, 0.3) is 0 Å². The summed E-state index contributed by atoms with van der Waals surface area (Å²) in [5.74, 6) is -0.972. The molecule has 0 aromatic carbocycles. The molecule has 2 atom stereocenters. The van der Waals surface area contributed by atoms with Gasteiger partial charge < -0.3 is 25.8 Å². The maximum Gasteiger partial charge on any atom is 0.330 e. The number of hydrogen-bond acceptors (Lipinski definition) is 6. The first-order valence-corrected chi connectivity index (χ1v) is 6.57. The van der Waals surface area contributed by atoms with Crippen molar-refractivity contribution in [3.8, 4) is 0 Å². The van der Waals surface area contributed by atoms with Crippen LogP contribution in [0.5, 0.6) is 0 Å². The molecule has 0 amide bonds. The molecule has 0 spiro atoms. The highest BCUT2D eigenvalue weighted by Crippen LogP contribution is 2.25. The van der Waals surface area contributed by atoms with E-state index < -0.39 is 18.6 Å². The van der Waals surface area contributed by atoms with E-state index in [-0.39, 0.29) is 12.5 Å². The van der Waals surface area contributed by atoms with Crippen LogP contribution >= 0.6 is 0 Å². The van der Waals surface area contributed by atoms with Crippen LogP contribution in [0.3, 0.4) is 0 Å². The molecule has 0 bridgehead atoms. The zero-order chi connectivity index (χ0) is 15.7. The first-order valence-electron chi connectivity index (χ1n) is 6.57. The molecule has 2 unspecified atom stereocenters. The fraction of sp³-hybridized carbons (Fsp3) is 0.692. The molecule has 0 aromatic rings. The molecule has 116 valence electrons. The lowest BCUT2D eigenvalue weighted by Crippen LogP contribution is -2.30. The van der Waals surface area contributed by atoms with Gasteiger partial charge in [0.2, 0.25) is 0 Å². The van der Waals surface area contributed by atoms with E-state index in [9.17, 15) is 4.79 Å². The summed E-state index contributed by atoms with van der Waals surface area (Å²) < 4.78 is 5.10. The summed E-state index contributed by atoms with van der Waals surface area (Å²) in [6, 6.07) is -1.24. The molecule has 0 aliphatic heterocycles. The number of aliphatic carboxylic acids is 1. The fourth-order valence-electron chi connectivity index (χ4n) is 1.88. The van der Waals surface area contributed by atoms with E-state index in [0.29, 0.717) is 30.0 Å². The molecule has 7 nitrogen and oxygen atoms in total. The molecule has 1 aliphatic rings. The number of aliphatic hydroxyl groups is 2. The number of hydrogen-bond donors (Lipinski definition) is 4. The summed E-state index contributed by atoms with van der Waals surface area (Å²) in [6.07, 6.45) is 0.861. The van der Waals surface area contributed by atoms with Gasteiger partial charge >= 0.3 is 5.97 Å². The summed E-state index contributed by atoms with van der Waals surface area (Å²) in [6.45, 7) is 3.34. The summed E-state index contributed by atoms with van der Waals surface area (Å²) in [7, 11) is 1.42. The van der Waals surface area contributed by atoms with Crippen LogP contribution in [0.2, 0.25) is 0 Å². The first-order chi connectivity index (χ1) is 9.53. The maximum atomic E-state index is 10.8. The zero-order valence-electron chi connectivity index (χ0n) is 12.2. The summed E-state index contributed by atoms with van der Waals surface area (Å²) in [5, 5.41) is 26.9. The third-order valence-electron chi connectivity index (χ3n) is 2.78. The second-order valence-electron chi connectivity index (χ2n) is 4.13. The van der Waals surface area contributed by atoms with Crippen LogP contribution in [0.1, 0.15) is 26.7 Å². The van der Waals surface area contributed by atoms with Crippen LogP contribution < -0.4 is 5.73 Å². The minimum atomic E-state index is -1.24. The molecule has 5 N–H and O–H groups in total. The third-order valence-corrected chi connectivity index (χ3v) is 2.78. The molecule has 7 heteroatoms. The topological polar surface area (TPSA) is 125 Å². The fourth-order valence-corrected chi connectivity index (χ4v) is 1.88. The van der Waals surface area contributed by atoms with E-state index in [1.54, 1.807) is 0 Å². The minimum Gasteiger partial charge on any atom is -0.493 e. The highest BCUT2D eigenvalue weighted by Gasteiger charge is 2.27. The van der Waals surface area contributed by atoms with Gasteiger partial charge in [0.05, 0.1) is 25.1 Å². The summed E-state index contributed by atoms with van der Waals surface area (Å²) in [5.41, 5.74) is 6.60. The van der Waals surface area contributed by atoms with E-state index in [0.717, 1.165) is 0 Å². The second kappa shape index (κ2) is 9.33. The Morgan fingerprint density at radius 1 is 1.45 bits per heavy atom. The predicted molar refractivity (Wildman–Crippen MR) is 75.3 cm³/mol. The molecule has 1 rings (SSSR count). The number of carbonyl (C=O) groups is 1. The Morgan fingerprint density at radius 3 is 2.45 bits per heavy atom. The van der Waals surface area contributed by atoms with E-state index in [1.807, 2.05) is 13.8 Å². The molecule has 0 aromatic heterocycles. The van der Waals surface area contributed by atoms with Crippen molar-refractivity contribution in [1.82, 2.24) is 0 Å². The lowest BCUT2D eigenvalue weighted by molar-refractivity contribution is -0.139. The normalized spacial score (nSPS) is 22.1. The highest BCUT2D eigenvalue weighted by atomic mass is 16.5. The largest absolute Gasteiger partial charge is 0.493 e. The second-order valence-corrected chi connectivity index (χ2v) is 4.13. The van der Waals surface area contributed by atoms with Crippen LogP contribution in [0, 0.1) is 5.92 Å². The third kappa shape index (κ3) is 4.82. The quantitative estimate of drug-likeness (QED) is 0.569. The van der Waals surface area contributed by atoms with Gasteiger partial charge in [-0.2, -0.15) is 0 Å². The highest BCUT2D eigenvalue weighted by molar-refractivity contribution is 6.01. The van der Waals surface area contributed by atoms with Gasteiger partial charge in [-0.3, -0.25) is 4.99 Å². The molecule has 0 radical (unpaired) electrons. The number of nitrogens with two attached hydrogens (primary N) is 1. The summed E-state index contributed by atoms with van der Waals surface area (Å²) in [4.78, 5) is 14.8. The Hall–Kier alpha value is -1.60. The molecule has 0 saturated carbocycles. The van der Waals surface area contributed by atoms with Gasteiger partial charge in [0.25, 0.3) is 0 Å². The number of ether oxygens (including phenoxy) is 1. The molecule has 0 fully saturated rings. The van der Waals surface area contributed by atoms with Crippen molar-refractivity contribution in [2.45, 2.75) is 32.7 Å². The van der Waals surface area contributed by atoms with E-state index in [2.05, 4.69) is 4.99 Å². The first kappa shape index (κ1) is 18.4. The van der Waals surface area contributed by atoms with Crippen molar-refractivity contribution < 1.29 is 24.9 Å². The minimum absolute atomic E-state index is 0.0619. The van der Waals surface area contributed by atoms with Crippen molar-refractivity contribution in [3.63, 3.8) is 0 Å². The number of methoxy groups -OCH3 is 1. The molecule has 1 aliphatic carbocycles. The van der Waals surface area contributed by atoms with Gasteiger partial charge in [-0.25, -0.2) is 4.79 Å². The average Bonchev–Trinajstić information content (AvgIpc) is 2.45. The van der Waals surface area contributed by atoms with Crippen molar-refractivity contribution in [3.05, 3.63) is 11.5 Å². The van der Waals surface area contributed by atoms with E-state index in [4.69, 9.17) is 25.8 Å². The van der Waals surface area contributed by atoms with Gasteiger partial charge in [0.1, 0.15) is 0 Å². The molecule has 20 heavy (non-hydrogen) atoms. The number of aliphatic hydroxyl groups excluding tert-OH is 2. The van der Waals surface area contributed by atoms with Gasteiger partial charge in [0.15, 0.2) is 11.8 Å². The number of aliphatic imine (C=N–C) groups is 1. The van der Waals surface area contributed by atoms with Crippen LogP contribution in [-0.4, -0.2) is 53.4 Å². The Balaban J connectivity index is 0.00000172. The van der Waals surface area contributed by atoms with Gasteiger partial charge in [-0.15, -0.1) is 0 Å². The molecular formula is C13H24N2O5. The monoisotopic (exact) mass is 288 g/mol. The van der Waals surface area contributed by atoms with Crippen molar-refractivity contribution in [2.75, 3.05) is 20.3 Å². The molecule has 0 heterocycles. The Labute approximate surface area is 118 Å². The average molecular weight is 288 g/mol. The van der Waals surface area contributed by atoms with E-state index in [1.165, 1.54) is 7.11 Å². The smallest absolute Gasteiger partial charge is 0.330 e. The molecule has 0 saturated heterocycles. The van der Waals surface area contributed by atoms with Crippen LogP contribution in [0.15, 0.2) is 16.4 Å². The SMILES string of the molecule is CC.COC1=C(N)CC(CO)CC1=NC(CO)C(=O)O. The Kier molecular flexibility index (Phi) is 8.58. The Morgan fingerprint density at radius 2 is 2.05 bits per heavy atom. The van der Waals surface area contributed by atoms with Crippen molar-refractivity contribution >= 4 is 11.7 Å².